The minimum atomic E-state index is -3.43. The van der Waals surface area contributed by atoms with Gasteiger partial charge in [-0.1, -0.05) is 0 Å². The van der Waals surface area contributed by atoms with Crippen LogP contribution in [0, 0.1) is 5.82 Å². The van der Waals surface area contributed by atoms with E-state index < -0.39 is 15.8 Å². The van der Waals surface area contributed by atoms with E-state index in [4.69, 9.17) is 9.72 Å². The topological polar surface area (TPSA) is 139 Å². The number of aromatic nitrogens is 6. The second kappa shape index (κ2) is 9.57. The first-order valence-corrected chi connectivity index (χ1v) is 13.7. The van der Waals surface area contributed by atoms with Gasteiger partial charge in [0.1, 0.15) is 22.8 Å². The summed E-state index contributed by atoms with van der Waals surface area (Å²) in [5.74, 6) is 0.138. The standard InChI is InChI=1S/C27H22FN7O3S/c1-38-19-10-17(13-29-14-19)21-3-4-23-26(33-21)27(35-34-23)24-11-20-22(32-24)5-6-30-25(20)16-7-15(8-18(28)9-16)12-31-39(2,36)37/h3-11,13-14,31-32H,12H2,1-2H3,(H,34,35). The van der Waals surface area contributed by atoms with Crippen molar-refractivity contribution >= 4 is 32.0 Å². The summed E-state index contributed by atoms with van der Waals surface area (Å²) in [6, 6.07) is 13.8. The Labute approximate surface area is 222 Å². The smallest absolute Gasteiger partial charge is 0.209 e. The molecule has 10 nitrogen and oxygen atoms in total. The van der Waals surface area contributed by atoms with Crippen LogP contribution in [-0.4, -0.2) is 51.9 Å². The normalized spacial score (nSPS) is 11.9. The van der Waals surface area contributed by atoms with Crippen LogP contribution < -0.4 is 9.46 Å². The van der Waals surface area contributed by atoms with E-state index in [1.165, 1.54) is 12.1 Å². The first kappa shape index (κ1) is 24.6. The molecule has 0 saturated heterocycles. The lowest BCUT2D eigenvalue weighted by molar-refractivity contribution is 0.413. The maximum atomic E-state index is 14.5. The zero-order valence-corrected chi connectivity index (χ0v) is 21.7. The molecule has 0 unspecified atom stereocenters. The van der Waals surface area contributed by atoms with Gasteiger partial charge in [-0.15, -0.1) is 0 Å². The predicted molar refractivity (Wildman–Crippen MR) is 146 cm³/mol. The Morgan fingerprint density at radius 2 is 1.87 bits per heavy atom. The number of hydrogen-bond donors (Lipinski definition) is 3. The zero-order chi connectivity index (χ0) is 27.1. The molecular weight excluding hydrogens is 521 g/mol. The molecule has 0 fully saturated rings. The molecule has 0 radical (unpaired) electrons. The summed E-state index contributed by atoms with van der Waals surface area (Å²) in [6.45, 7) is -0.0337. The molecular formula is C27H22FN7O3S. The zero-order valence-electron chi connectivity index (χ0n) is 20.9. The van der Waals surface area contributed by atoms with Gasteiger partial charge in [-0.2, -0.15) is 5.10 Å². The molecule has 3 N–H and O–H groups in total. The number of nitrogens with zero attached hydrogens (tertiary/aromatic N) is 4. The van der Waals surface area contributed by atoms with Crippen molar-refractivity contribution in [2.45, 2.75) is 6.54 Å². The monoisotopic (exact) mass is 543 g/mol. The van der Waals surface area contributed by atoms with E-state index in [1.807, 2.05) is 30.3 Å². The molecule has 1 aromatic carbocycles. The third-order valence-electron chi connectivity index (χ3n) is 6.23. The first-order chi connectivity index (χ1) is 18.8. The van der Waals surface area contributed by atoms with Crippen LogP contribution in [-0.2, 0) is 16.6 Å². The summed E-state index contributed by atoms with van der Waals surface area (Å²) in [4.78, 5) is 16.9. The average Bonchev–Trinajstić information content (AvgIpc) is 3.55. The average molecular weight is 544 g/mol. The van der Waals surface area contributed by atoms with E-state index >= 15 is 0 Å². The number of halogens is 1. The molecule has 0 aliphatic carbocycles. The molecule has 0 spiro atoms. The fourth-order valence-corrected chi connectivity index (χ4v) is 4.86. The minimum absolute atomic E-state index is 0.0337. The van der Waals surface area contributed by atoms with Gasteiger partial charge in [0, 0.05) is 41.0 Å². The van der Waals surface area contributed by atoms with Crippen molar-refractivity contribution in [2.75, 3.05) is 13.4 Å². The molecule has 6 rings (SSSR count). The number of ether oxygens (including phenoxy) is 1. The number of aromatic amines is 2. The summed E-state index contributed by atoms with van der Waals surface area (Å²) >= 11 is 0. The van der Waals surface area contributed by atoms with Crippen molar-refractivity contribution < 1.29 is 17.5 Å². The highest BCUT2D eigenvalue weighted by molar-refractivity contribution is 7.88. The molecule has 39 heavy (non-hydrogen) atoms. The Balaban J connectivity index is 1.42. The van der Waals surface area contributed by atoms with Gasteiger partial charge in [-0.05, 0) is 54.1 Å². The number of sulfonamides is 1. The van der Waals surface area contributed by atoms with E-state index in [9.17, 15) is 12.8 Å². The van der Waals surface area contributed by atoms with Crippen molar-refractivity contribution in [2.24, 2.45) is 0 Å². The quantitative estimate of drug-likeness (QED) is 0.271. The van der Waals surface area contributed by atoms with Crippen LogP contribution in [0.5, 0.6) is 5.75 Å². The molecule has 12 heteroatoms. The summed E-state index contributed by atoms with van der Waals surface area (Å²) in [5, 5.41) is 8.28. The van der Waals surface area contributed by atoms with Gasteiger partial charge in [0.25, 0.3) is 0 Å². The van der Waals surface area contributed by atoms with Crippen molar-refractivity contribution in [3.05, 3.63) is 78.5 Å². The Morgan fingerprint density at radius 1 is 1.00 bits per heavy atom. The van der Waals surface area contributed by atoms with Gasteiger partial charge >= 0.3 is 0 Å². The van der Waals surface area contributed by atoms with Crippen LogP contribution in [0.1, 0.15) is 5.56 Å². The van der Waals surface area contributed by atoms with Gasteiger partial charge < -0.3 is 9.72 Å². The van der Waals surface area contributed by atoms with Crippen molar-refractivity contribution in [1.29, 1.82) is 0 Å². The second-order valence-corrected chi connectivity index (χ2v) is 10.9. The van der Waals surface area contributed by atoms with Crippen molar-refractivity contribution in [3.63, 3.8) is 0 Å². The number of hydrogen-bond acceptors (Lipinski definition) is 7. The lowest BCUT2D eigenvalue weighted by Crippen LogP contribution is -2.21. The molecule has 0 atom stereocenters. The lowest BCUT2D eigenvalue weighted by atomic mass is 10.0. The number of H-pyrrole nitrogens is 2. The number of nitrogens with one attached hydrogen (secondary N) is 3. The van der Waals surface area contributed by atoms with Crippen LogP contribution >= 0.6 is 0 Å². The van der Waals surface area contributed by atoms with Gasteiger partial charge in [0.15, 0.2) is 0 Å². The maximum Gasteiger partial charge on any atom is 0.209 e. The van der Waals surface area contributed by atoms with E-state index in [1.54, 1.807) is 31.8 Å². The van der Waals surface area contributed by atoms with Gasteiger partial charge in [0.2, 0.25) is 10.0 Å². The van der Waals surface area contributed by atoms with Crippen LogP contribution in [0.15, 0.2) is 67.1 Å². The van der Waals surface area contributed by atoms with Crippen LogP contribution in [0.3, 0.4) is 0 Å². The lowest BCUT2D eigenvalue weighted by Gasteiger charge is -2.07. The highest BCUT2D eigenvalue weighted by Crippen LogP contribution is 2.34. The maximum absolute atomic E-state index is 14.5. The molecule has 196 valence electrons. The Kier molecular flexibility index (Phi) is 6.04. The summed E-state index contributed by atoms with van der Waals surface area (Å²) < 4.78 is 45.2. The Hall–Kier alpha value is -4.68. The molecule has 5 aromatic heterocycles. The Bertz CT molecular complexity index is 1970. The molecule has 5 heterocycles. The molecule has 0 bridgehead atoms. The molecule has 0 saturated carbocycles. The van der Waals surface area contributed by atoms with Crippen LogP contribution in [0.2, 0.25) is 0 Å². The molecule has 0 aliphatic heterocycles. The van der Waals surface area contributed by atoms with E-state index in [0.29, 0.717) is 45.2 Å². The summed E-state index contributed by atoms with van der Waals surface area (Å²) in [7, 11) is -1.85. The van der Waals surface area contributed by atoms with Crippen LogP contribution in [0.4, 0.5) is 4.39 Å². The number of benzene rings is 1. The molecule has 0 amide bonds. The van der Waals surface area contributed by atoms with Crippen LogP contribution in [0.25, 0.3) is 55.8 Å². The first-order valence-electron chi connectivity index (χ1n) is 11.8. The SMILES string of the molecule is COc1cncc(-c2ccc3[nH]nc(-c4cc5c(-c6cc(F)cc(CNS(C)(=O)=O)c6)nccc5[nH]4)c3n2)c1. The molecule has 0 aliphatic rings. The number of methoxy groups -OCH3 is 1. The van der Waals surface area contributed by atoms with Crippen molar-refractivity contribution in [1.82, 2.24) is 34.9 Å². The predicted octanol–water partition coefficient (Wildman–Crippen LogP) is 4.43. The van der Waals surface area contributed by atoms with Gasteiger partial charge in [0.05, 0.1) is 42.2 Å². The minimum Gasteiger partial charge on any atom is -0.495 e. The number of pyridine rings is 3. The highest BCUT2D eigenvalue weighted by Gasteiger charge is 2.17. The number of rotatable bonds is 7. The fourth-order valence-electron chi connectivity index (χ4n) is 4.43. The number of fused-ring (bicyclic) bond motifs is 2. The summed E-state index contributed by atoms with van der Waals surface area (Å²) in [5.41, 5.74) is 6.58. The third kappa shape index (κ3) is 4.94. The van der Waals surface area contributed by atoms with Gasteiger partial charge in [-0.3, -0.25) is 15.1 Å². The fraction of sp³-hybridized carbons (Fsp3) is 0.111. The second-order valence-electron chi connectivity index (χ2n) is 9.02. The van der Waals surface area contributed by atoms with E-state index in [-0.39, 0.29) is 6.54 Å². The van der Waals surface area contributed by atoms with Crippen molar-refractivity contribution in [3.8, 4) is 39.7 Å². The van der Waals surface area contributed by atoms with E-state index in [2.05, 4.69) is 29.9 Å². The highest BCUT2D eigenvalue weighted by atomic mass is 32.2. The Morgan fingerprint density at radius 3 is 2.69 bits per heavy atom. The largest absolute Gasteiger partial charge is 0.495 e. The van der Waals surface area contributed by atoms with E-state index in [0.717, 1.165) is 28.2 Å². The summed E-state index contributed by atoms with van der Waals surface area (Å²) in [6.07, 6.45) is 6.04. The van der Waals surface area contributed by atoms with Gasteiger partial charge in [-0.25, -0.2) is 22.5 Å². The molecule has 6 aromatic rings. The third-order valence-corrected chi connectivity index (χ3v) is 6.89.